The van der Waals surface area contributed by atoms with E-state index in [1.807, 2.05) is 16.8 Å². The molecule has 2 rings (SSSR count). The fraction of sp³-hybridized carbons (Fsp3) is 0.824. The molecule has 0 saturated heterocycles. The lowest BCUT2D eigenvalue weighted by Crippen LogP contribution is -2.34. The second kappa shape index (κ2) is 8.78. The molecule has 1 aromatic rings. The largest absolute Gasteiger partial charge is 0.316 e. The molecule has 1 saturated carbocycles. The van der Waals surface area contributed by atoms with Crippen LogP contribution in [0.4, 0.5) is 0 Å². The zero-order valence-corrected chi connectivity index (χ0v) is 13.9. The number of hydrogen-bond acceptors (Lipinski definition) is 3. The van der Waals surface area contributed by atoms with Crippen LogP contribution in [0.2, 0.25) is 0 Å². The van der Waals surface area contributed by atoms with E-state index in [0.29, 0.717) is 0 Å². The fourth-order valence-corrected chi connectivity index (χ4v) is 4.37. The molecule has 1 aromatic heterocycles. The molecule has 1 aliphatic carbocycles. The van der Waals surface area contributed by atoms with Crippen LogP contribution in [0.25, 0.3) is 0 Å². The van der Waals surface area contributed by atoms with Gasteiger partial charge in [-0.05, 0) is 56.5 Å². The molecule has 0 bridgehead atoms. The van der Waals surface area contributed by atoms with Crippen molar-refractivity contribution in [2.45, 2.75) is 58.8 Å². The molecule has 3 unspecified atom stereocenters. The van der Waals surface area contributed by atoms with E-state index in [0.717, 1.165) is 17.8 Å². The SMILES string of the molecule is CCCNCC1CCC(CCC)CC1Cc1cncs1. The lowest BCUT2D eigenvalue weighted by Gasteiger charge is -2.36. The number of aromatic nitrogens is 1. The van der Waals surface area contributed by atoms with Crippen LogP contribution >= 0.6 is 11.3 Å². The Morgan fingerprint density at radius 3 is 2.85 bits per heavy atom. The van der Waals surface area contributed by atoms with E-state index >= 15 is 0 Å². The number of hydrogen-bond donors (Lipinski definition) is 1. The van der Waals surface area contributed by atoms with E-state index in [2.05, 4.69) is 30.3 Å². The first-order chi connectivity index (χ1) is 9.83. The second-order valence-corrected chi connectivity index (χ2v) is 7.33. The standard InChI is InChI=1S/C17H30N2S/c1-3-5-14-6-7-15(11-18-8-4-2)16(9-14)10-17-12-19-13-20-17/h12-16,18H,3-11H2,1-2H3. The zero-order chi connectivity index (χ0) is 14.2. The maximum Gasteiger partial charge on any atom is 0.0794 e. The third-order valence-corrected chi connectivity index (χ3v) is 5.53. The van der Waals surface area contributed by atoms with Gasteiger partial charge in [-0.2, -0.15) is 0 Å². The van der Waals surface area contributed by atoms with E-state index < -0.39 is 0 Å². The summed E-state index contributed by atoms with van der Waals surface area (Å²) in [4.78, 5) is 5.73. The molecule has 0 aromatic carbocycles. The summed E-state index contributed by atoms with van der Waals surface area (Å²) in [6.45, 7) is 6.96. The smallest absolute Gasteiger partial charge is 0.0794 e. The van der Waals surface area contributed by atoms with E-state index in [1.54, 1.807) is 0 Å². The van der Waals surface area contributed by atoms with Gasteiger partial charge in [0.2, 0.25) is 0 Å². The summed E-state index contributed by atoms with van der Waals surface area (Å²) in [7, 11) is 0. The molecule has 1 fully saturated rings. The minimum Gasteiger partial charge on any atom is -0.316 e. The number of nitrogens with one attached hydrogen (secondary N) is 1. The summed E-state index contributed by atoms with van der Waals surface area (Å²) in [5.41, 5.74) is 1.98. The number of thiazole rings is 1. The van der Waals surface area contributed by atoms with E-state index in [9.17, 15) is 0 Å². The molecule has 3 heteroatoms. The maximum atomic E-state index is 4.25. The molecular weight excluding hydrogens is 264 g/mol. The average Bonchev–Trinajstić information content (AvgIpc) is 2.95. The van der Waals surface area contributed by atoms with Crippen molar-refractivity contribution in [2.75, 3.05) is 13.1 Å². The van der Waals surface area contributed by atoms with Gasteiger partial charge in [-0.25, -0.2) is 0 Å². The van der Waals surface area contributed by atoms with Crippen molar-refractivity contribution in [3.63, 3.8) is 0 Å². The van der Waals surface area contributed by atoms with Crippen LogP contribution in [-0.2, 0) is 6.42 Å². The Labute approximate surface area is 128 Å². The topological polar surface area (TPSA) is 24.9 Å². The quantitative estimate of drug-likeness (QED) is 0.713. The zero-order valence-electron chi connectivity index (χ0n) is 13.1. The van der Waals surface area contributed by atoms with Crippen LogP contribution in [0, 0.1) is 17.8 Å². The Morgan fingerprint density at radius 1 is 1.25 bits per heavy atom. The fourth-order valence-electron chi connectivity index (χ4n) is 3.68. The van der Waals surface area contributed by atoms with Gasteiger partial charge in [-0.1, -0.05) is 33.1 Å². The van der Waals surface area contributed by atoms with Gasteiger partial charge < -0.3 is 5.32 Å². The summed E-state index contributed by atoms with van der Waals surface area (Å²) in [6.07, 6.45) is 11.6. The van der Waals surface area contributed by atoms with Gasteiger partial charge in [0, 0.05) is 11.1 Å². The summed E-state index contributed by atoms with van der Waals surface area (Å²) < 4.78 is 0. The van der Waals surface area contributed by atoms with Gasteiger partial charge in [0.1, 0.15) is 0 Å². The molecular formula is C17H30N2S. The van der Waals surface area contributed by atoms with Crippen LogP contribution in [0.15, 0.2) is 11.7 Å². The van der Waals surface area contributed by atoms with Gasteiger partial charge >= 0.3 is 0 Å². The molecule has 3 atom stereocenters. The minimum atomic E-state index is 0.866. The van der Waals surface area contributed by atoms with Crippen LogP contribution in [0.1, 0.15) is 57.2 Å². The first-order valence-electron chi connectivity index (χ1n) is 8.41. The van der Waals surface area contributed by atoms with Crippen molar-refractivity contribution in [1.29, 1.82) is 0 Å². The van der Waals surface area contributed by atoms with Crippen LogP contribution in [0.3, 0.4) is 0 Å². The lowest BCUT2D eigenvalue weighted by atomic mass is 9.71. The molecule has 1 heterocycles. The van der Waals surface area contributed by atoms with Crippen LogP contribution in [-0.4, -0.2) is 18.1 Å². The third kappa shape index (κ3) is 4.85. The van der Waals surface area contributed by atoms with Crippen molar-refractivity contribution in [1.82, 2.24) is 10.3 Å². The van der Waals surface area contributed by atoms with Crippen molar-refractivity contribution >= 4 is 11.3 Å². The van der Waals surface area contributed by atoms with E-state index in [4.69, 9.17) is 0 Å². The molecule has 114 valence electrons. The molecule has 1 N–H and O–H groups in total. The van der Waals surface area contributed by atoms with Crippen molar-refractivity contribution < 1.29 is 0 Å². The van der Waals surface area contributed by atoms with Crippen LogP contribution < -0.4 is 5.32 Å². The maximum absolute atomic E-state index is 4.25. The molecule has 0 aliphatic heterocycles. The summed E-state index contributed by atoms with van der Waals surface area (Å²) in [5, 5.41) is 3.65. The summed E-state index contributed by atoms with van der Waals surface area (Å²) >= 11 is 1.83. The van der Waals surface area contributed by atoms with Gasteiger partial charge in [-0.3, -0.25) is 4.98 Å². The Hall–Kier alpha value is -0.410. The molecule has 0 amide bonds. The molecule has 1 aliphatic rings. The number of rotatable bonds is 8. The number of nitrogens with zero attached hydrogens (tertiary/aromatic N) is 1. The summed E-state index contributed by atoms with van der Waals surface area (Å²) in [5.74, 6) is 2.71. The van der Waals surface area contributed by atoms with Gasteiger partial charge in [0.05, 0.1) is 5.51 Å². The lowest BCUT2D eigenvalue weighted by molar-refractivity contribution is 0.168. The predicted molar refractivity (Wildman–Crippen MR) is 88.2 cm³/mol. The normalized spacial score (nSPS) is 26.8. The molecule has 2 nitrogen and oxygen atoms in total. The van der Waals surface area contributed by atoms with Crippen molar-refractivity contribution in [3.8, 4) is 0 Å². The first-order valence-corrected chi connectivity index (χ1v) is 9.29. The minimum absolute atomic E-state index is 0.866. The van der Waals surface area contributed by atoms with Gasteiger partial charge in [-0.15, -0.1) is 11.3 Å². The highest BCUT2D eigenvalue weighted by Gasteiger charge is 2.30. The van der Waals surface area contributed by atoms with Gasteiger partial charge in [0.25, 0.3) is 0 Å². The Kier molecular flexibility index (Phi) is 7.01. The molecule has 20 heavy (non-hydrogen) atoms. The van der Waals surface area contributed by atoms with Crippen molar-refractivity contribution in [3.05, 3.63) is 16.6 Å². The Morgan fingerprint density at radius 2 is 2.15 bits per heavy atom. The molecule has 0 spiro atoms. The van der Waals surface area contributed by atoms with E-state index in [-0.39, 0.29) is 0 Å². The Balaban J connectivity index is 1.90. The highest BCUT2D eigenvalue weighted by atomic mass is 32.1. The van der Waals surface area contributed by atoms with Crippen LogP contribution in [0.5, 0.6) is 0 Å². The second-order valence-electron chi connectivity index (χ2n) is 6.36. The monoisotopic (exact) mass is 294 g/mol. The Bertz CT molecular complexity index is 350. The van der Waals surface area contributed by atoms with Gasteiger partial charge in [0.15, 0.2) is 0 Å². The highest BCUT2D eigenvalue weighted by molar-refractivity contribution is 7.09. The van der Waals surface area contributed by atoms with E-state index in [1.165, 1.54) is 62.9 Å². The average molecular weight is 295 g/mol. The predicted octanol–water partition coefficient (Wildman–Crippen LogP) is 4.52. The molecule has 0 radical (unpaired) electrons. The first kappa shape index (κ1) is 16.0. The highest BCUT2D eigenvalue weighted by Crippen LogP contribution is 2.38. The van der Waals surface area contributed by atoms with Crippen molar-refractivity contribution in [2.24, 2.45) is 17.8 Å². The third-order valence-electron chi connectivity index (χ3n) is 4.73. The summed E-state index contributed by atoms with van der Waals surface area (Å²) in [6, 6.07) is 0.